The number of anilines is 2. The summed E-state index contributed by atoms with van der Waals surface area (Å²) in [5.74, 6) is -5.08. The lowest BCUT2D eigenvalue weighted by molar-refractivity contribution is -0.139. The van der Waals surface area contributed by atoms with Gasteiger partial charge in [-0.2, -0.15) is 0 Å². The first-order valence-electron chi connectivity index (χ1n) is 21.9. The number of nitrogens with zero attached hydrogens (tertiary/aromatic N) is 2. The molecule has 0 bridgehead atoms. The number of aliphatic carboxylic acids is 1. The fourth-order valence-corrected chi connectivity index (χ4v) is 11.2. The summed E-state index contributed by atoms with van der Waals surface area (Å²) in [6.45, 7) is 5.42. The maximum Gasteiger partial charge on any atom is 0.349 e. The van der Waals surface area contributed by atoms with Gasteiger partial charge in [0.1, 0.15) is 11.1 Å². The zero-order chi connectivity index (χ0) is 48.5. The summed E-state index contributed by atoms with van der Waals surface area (Å²) >= 11 is 7.36. The van der Waals surface area contributed by atoms with Crippen molar-refractivity contribution in [2.75, 3.05) is 56.8 Å². The van der Waals surface area contributed by atoms with Gasteiger partial charge in [0, 0.05) is 55.7 Å². The Kier molecular flexibility index (Phi) is 16.3. The van der Waals surface area contributed by atoms with Gasteiger partial charge >= 0.3 is 11.9 Å². The molecule has 1 atom stereocenters. The summed E-state index contributed by atoms with van der Waals surface area (Å²) in [6.07, 6.45) is 2.80. The monoisotopic (exact) mass is 991 g/mol. The van der Waals surface area contributed by atoms with Crippen LogP contribution in [0.3, 0.4) is 0 Å². The summed E-state index contributed by atoms with van der Waals surface area (Å²) in [5, 5.41) is 27.6. The Labute approximate surface area is 401 Å². The highest BCUT2D eigenvalue weighted by Gasteiger charge is 2.45. The minimum absolute atomic E-state index is 0.00574. The van der Waals surface area contributed by atoms with Crippen LogP contribution in [0.4, 0.5) is 11.4 Å². The van der Waals surface area contributed by atoms with E-state index in [0.717, 1.165) is 21.9 Å². The molecule has 0 spiro atoms. The average molecular weight is 993 g/mol. The van der Waals surface area contributed by atoms with Crippen LogP contribution in [-0.2, 0) is 46.1 Å². The Bertz CT molecular complexity index is 2720. The lowest BCUT2D eigenvalue weighted by atomic mass is 9.99. The van der Waals surface area contributed by atoms with Gasteiger partial charge in [0.15, 0.2) is 17.2 Å². The molecule has 0 saturated carbocycles. The Morgan fingerprint density at radius 3 is 2.35 bits per heavy atom. The van der Waals surface area contributed by atoms with Crippen LogP contribution in [0.15, 0.2) is 79.0 Å². The molecule has 4 amide bonds. The highest BCUT2D eigenvalue weighted by molar-refractivity contribution is 7.88. The minimum atomic E-state index is -3.64. The topological polar surface area (TPSA) is 247 Å². The molecule has 4 heterocycles. The number of fused-ring (bicyclic) bond motifs is 1. The molecular formula is C47H50ClN5O13S2. The second-order valence-corrected chi connectivity index (χ2v) is 19.7. The van der Waals surface area contributed by atoms with Gasteiger partial charge in [-0.05, 0) is 79.1 Å². The first-order chi connectivity index (χ1) is 32.6. The zero-order valence-corrected chi connectivity index (χ0v) is 39.2. The predicted octanol–water partition coefficient (Wildman–Crippen LogP) is 6.02. The van der Waals surface area contributed by atoms with E-state index in [1.165, 1.54) is 4.31 Å². The van der Waals surface area contributed by atoms with Crippen LogP contribution in [0.25, 0.3) is 10.4 Å². The van der Waals surface area contributed by atoms with Crippen molar-refractivity contribution in [2.45, 2.75) is 62.8 Å². The number of carboxylic acids is 2. The van der Waals surface area contributed by atoms with Gasteiger partial charge < -0.3 is 35.1 Å². The summed E-state index contributed by atoms with van der Waals surface area (Å²) in [6, 6.07) is 18.3. The fourth-order valence-electron chi connectivity index (χ4n) is 8.23. The smallest absolute Gasteiger partial charge is 0.349 e. The molecule has 18 nitrogen and oxygen atoms in total. The normalized spacial score (nSPS) is 16.7. The minimum Gasteiger partial charge on any atom is -0.479 e. The molecule has 2 fully saturated rings. The molecule has 1 aromatic heterocycles. The van der Waals surface area contributed by atoms with Crippen molar-refractivity contribution in [3.63, 3.8) is 0 Å². The van der Waals surface area contributed by atoms with Crippen molar-refractivity contribution in [3.8, 4) is 16.2 Å². The number of aromatic carboxylic acids is 1. The molecular weight excluding hydrogens is 942 g/mol. The molecule has 3 aromatic carbocycles. The van der Waals surface area contributed by atoms with Gasteiger partial charge in [0.25, 0.3) is 11.8 Å². The van der Waals surface area contributed by atoms with Crippen LogP contribution in [0.2, 0.25) is 5.02 Å². The third-order valence-corrected chi connectivity index (χ3v) is 15.0. The Hall–Kier alpha value is -6.16. The van der Waals surface area contributed by atoms with E-state index in [1.54, 1.807) is 54.6 Å². The van der Waals surface area contributed by atoms with Crippen LogP contribution in [0, 0.1) is 0 Å². The van der Waals surface area contributed by atoms with Gasteiger partial charge in [-0.1, -0.05) is 54.6 Å². The molecule has 0 aliphatic carbocycles. The molecule has 7 rings (SSSR count). The molecule has 360 valence electrons. The third-order valence-electron chi connectivity index (χ3n) is 11.5. The molecule has 4 aromatic rings. The Morgan fingerprint density at radius 1 is 0.897 bits per heavy atom. The summed E-state index contributed by atoms with van der Waals surface area (Å²) in [4.78, 5) is 74.5. The van der Waals surface area contributed by atoms with Crippen molar-refractivity contribution in [3.05, 3.63) is 111 Å². The molecule has 68 heavy (non-hydrogen) atoms. The van der Waals surface area contributed by atoms with Gasteiger partial charge in [0.2, 0.25) is 21.8 Å². The SMILES string of the molecule is C=C(CCOCCOCCCc1cccc2c1C(=O)N(C1CCC(=O)NC1=O)C2=O)Nc1cccc(CS(=O)(=O)N2CCC(Nc3cccc(-c4sc(C(=O)O)c(OCC(=O)O)c4Cl)c3)CC2)c1. The average Bonchev–Trinajstić information content (AvgIpc) is 3.77. The maximum atomic E-state index is 13.5. The number of rotatable bonds is 23. The maximum absolute atomic E-state index is 13.5. The first-order valence-corrected chi connectivity index (χ1v) is 24.7. The number of carbonyl (C=O) groups is 6. The van der Waals surface area contributed by atoms with Crippen LogP contribution in [0.5, 0.6) is 5.75 Å². The predicted molar refractivity (Wildman–Crippen MR) is 253 cm³/mol. The van der Waals surface area contributed by atoms with Crippen LogP contribution >= 0.6 is 22.9 Å². The van der Waals surface area contributed by atoms with Crippen LogP contribution < -0.4 is 20.7 Å². The number of halogens is 1. The number of thiophene rings is 1. The molecule has 1 unspecified atom stereocenters. The van der Waals surface area contributed by atoms with Crippen LogP contribution in [-0.4, -0.2) is 122 Å². The number of nitrogens with one attached hydrogen (secondary N) is 3. The lowest BCUT2D eigenvalue weighted by Crippen LogP contribution is -2.54. The molecule has 5 N–H and O–H groups in total. The van der Waals surface area contributed by atoms with Crippen molar-refractivity contribution in [1.29, 1.82) is 0 Å². The van der Waals surface area contributed by atoms with E-state index in [-0.39, 0.29) is 51.4 Å². The number of sulfonamides is 1. The summed E-state index contributed by atoms with van der Waals surface area (Å²) in [7, 11) is -3.64. The van der Waals surface area contributed by atoms with Gasteiger partial charge in [-0.25, -0.2) is 22.3 Å². The number of hydrogen-bond acceptors (Lipinski definition) is 14. The molecule has 3 aliphatic heterocycles. The highest BCUT2D eigenvalue weighted by Crippen LogP contribution is 2.46. The van der Waals surface area contributed by atoms with E-state index in [9.17, 15) is 42.3 Å². The van der Waals surface area contributed by atoms with E-state index in [1.807, 2.05) is 12.1 Å². The number of carboxylic acid groups (broad SMARTS) is 2. The summed E-state index contributed by atoms with van der Waals surface area (Å²) < 4.78 is 45.2. The second-order valence-electron chi connectivity index (χ2n) is 16.3. The zero-order valence-electron chi connectivity index (χ0n) is 36.8. The largest absolute Gasteiger partial charge is 0.479 e. The molecule has 3 aliphatic rings. The van der Waals surface area contributed by atoms with Crippen LogP contribution in [0.1, 0.15) is 80.0 Å². The Morgan fingerprint density at radius 2 is 1.62 bits per heavy atom. The van der Waals surface area contributed by atoms with Gasteiger partial charge in [0.05, 0.1) is 41.6 Å². The van der Waals surface area contributed by atoms with Crippen molar-refractivity contribution in [2.24, 2.45) is 0 Å². The highest BCUT2D eigenvalue weighted by atomic mass is 35.5. The number of imide groups is 2. The third kappa shape index (κ3) is 12.1. The molecule has 2 saturated heterocycles. The van der Waals surface area contributed by atoms with Gasteiger partial charge in [-0.3, -0.25) is 29.4 Å². The van der Waals surface area contributed by atoms with Crippen molar-refractivity contribution >= 4 is 79.9 Å². The number of ether oxygens (including phenoxy) is 3. The number of piperidine rings is 2. The van der Waals surface area contributed by atoms with E-state index in [0.29, 0.717) is 105 Å². The van der Waals surface area contributed by atoms with Gasteiger partial charge in [-0.15, -0.1) is 11.3 Å². The summed E-state index contributed by atoms with van der Waals surface area (Å²) in [5.41, 5.74) is 4.56. The lowest BCUT2D eigenvalue weighted by Gasteiger charge is -2.32. The van der Waals surface area contributed by atoms with Crippen molar-refractivity contribution in [1.82, 2.24) is 14.5 Å². The number of amides is 4. The number of hydrogen-bond donors (Lipinski definition) is 5. The number of aryl methyl sites for hydroxylation is 1. The van der Waals surface area contributed by atoms with E-state index < -0.39 is 58.2 Å². The standard InChI is InChI=1S/C47H50ClN5O13S2/c1-28(17-21-65-23-22-64-20-5-9-30-7-4-12-35-39(30)46(59)53(45(35)58)36-13-14-37(54)51-44(36)57)49-33-10-2-6-29(24-33)27-68(62,63)52-18-15-32(16-19-52)50-34-11-3-8-31(25-34)42-40(48)41(66-26-38(55)56)43(67-42)47(60)61/h2-4,6-8,10-12,24-25,32,36,49-50H,1,5,9,13-23,26-27H2,(H,55,56)(H,60,61)(H,51,54,57). The van der Waals surface area contributed by atoms with Crippen molar-refractivity contribution < 1.29 is 61.6 Å². The molecule has 0 radical (unpaired) electrons. The quantitative estimate of drug-likeness (QED) is 0.0421. The fraction of sp³-hybridized carbons (Fsp3) is 0.362. The van der Waals surface area contributed by atoms with E-state index >= 15 is 0 Å². The first kappa shape index (κ1) is 49.7. The molecule has 21 heteroatoms. The van der Waals surface area contributed by atoms with E-state index in [4.69, 9.17) is 30.9 Å². The number of carbonyl (C=O) groups excluding carboxylic acids is 4. The second kappa shape index (κ2) is 22.3. The number of benzene rings is 3. The van der Waals surface area contributed by atoms with E-state index in [2.05, 4.69) is 22.5 Å². The Balaban J connectivity index is 0.791.